The van der Waals surface area contributed by atoms with Crippen molar-refractivity contribution in [2.24, 2.45) is 0 Å². The standard InChI is InChI=1S/C17H24N2O2.ClH/c1-13-5-7-14(8-6-13)15-4-2-3-10-19(15)17(20)16-12-18-9-11-21-16;/h5-8,15-16,18H,2-4,9-12H2,1H3;1H. The summed E-state index contributed by atoms with van der Waals surface area (Å²) in [6.45, 7) is 5.03. The van der Waals surface area contributed by atoms with Gasteiger partial charge in [-0.15, -0.1) is 12.4 Å². The molecule has 1 amide bonds. The van der Waals surface area contributed by atoms with Crippen molar-refractivity contribution in [3.8, 4) is 0 Å². The molecule has 22 heavy (non-hydrogen) atoms. The smallest absolute Gasteiger partial charge is 0.253 e. The lowest BCUT2D eigenvalue weighted by atomic mass is 9.94. The molecule has 2 heterocycles. The van der Waals surface area contributed by atoms with Crippen LogP contribution in [0.4, 0.5) is 0 Å². The van der Waals surface area contributed by atoms with E-state index in [4.69, 9.17) is 4.74 Å². The highest BCUT2D eigenvalue weighted by Gasteiger charge is 2.33. The number of nitrogens with one attached hydrogen (secondary N) is 1. The van der Waals surface area contributed by atoms with E-state index in [0.29, 0.717) is 13.2 Å². The van der Waals surface area contributed by atoms with Gasteiger partial charge in [-0.1, -0.05) is 29.8 Å². The van der Waals surface area contributed by atoms with Crippen LogP contribution < -0.4 is 5.32 Å². The summed E-state index contributed by atoms with van der Waals surface area (Å²) in [5.41, 5.74) is 2.50. The zero-order valence-corrected chi connectivity index (χ0v) is 13.9. The number of amides is 1. The van der Waals surface area contributed by atoms with Gasteiger partial charge in [-0.3, -0.25) is 4.79 Å². The molecule has 0 spiro atoms. The van der Waals surface area contributed by atoms with Gasteiger partial charge in [-0.25, -0.2) is 0 Å². The first-order chi connectivity index (χ1) is 10.3. The van der Waals surface area contributed by atoms with E-state index in [2.05, 4.69) is 36.5 Å². The zero-order chi connectivity index (χ0) is 14.7. The first-order valence-corrected chi connectivity index (χ1v) is 7.95. The second-order valence-electron chi connectivity index (χ2n) is 6.02. The van der Waals surface area contributed by atoms with Crippen LogP contribution in [0.1, 0.15) is 36.4 Å². The quantitative estimate of drug-likeness (QED) is 0.908. The minimum atomic E-state index is -0.315. The van der Waals surface area contributed by atoms with Crippen LogP contribution in [-0.2, 0) is 9.53 Å². The monoisotopic (exact) mass is 324 g/mol. The van der Waals surface area contributed by atoms with Crippen LogP contribution in [0.15, 0.2) is 24.3 Å². The number of ether oxygens (including phenoxy) is 1. The maximum absolute atomic E-state index is 12.8. The summed E-state index contributed by atoms with van der Waals surface area (Å²) in [7, 11) is 0. The van der Waals surface area contributed by atoms with Gasteiger partial charge in [-0.2, -0.15) is 0 Å². The van der Waals surface area contributed by atoms with E-state index in [0.717, 1.165) is 25.9 Å². The number of nitrogens with zero attached hydrogens (tertiary/aromatic N) is 1. The number of hydrogen-bond acceptors (Lipinski definition) is 3. The molecule has 1 aromatic rings. The third-order valence-electron chi connectivity index (χ3n) is 4.45. The van der Waals surface area contributed by atoms with E-state index in [1.54, 1.807) is 0 Å². The largest absolute Gasteiger partial charge is 0.366 e. The van der Waals surface area contributed by atoms with Gasteiger partial charge in [0.15, 0.2) is 0 Å². The third-order valence-corrected chi connectivity index (χ3v) is 4.45. The average Bonchev–Trinajstić information content (AvgIpc) is 2.56. The van der Waals surface area contributed by atoms with E-state index in [-0.39, 0.29) is 30.5 Å². The van der Waals surface area contributed by atoms with E-state index in [9.17, 15) is 4.79 Å². The number of halogens is 1. The number of hydrogen-bond donors (Lipinski definition) is 1. The number of aryl methyl sites for hydroxylation is 1. The molecule has 5 heteroatoms. The Morgan fingerprint density at radius 2 is 2.05 bits per heavy atom. The fourth-order valence-corrected chi connectivity index (χ4v) is 3.24. The van der Waals surface area contributed by atoms with Crippen LogP contribution in [0, 0.1) is 6.92 Å². The fourth-order valence-electron chi connectivity index (χ4n) is 3.24. The third kappa shape index (κ3) is 3.80. The van der Waals surface area contributed by atoms with Crippen molar-refractivity contribution in [2.75, 3.05) is 26.2 Å². The van der Waals surface area contributed by atoms with Gasteiger partial charge in [0, 0.05) is 19.6 Å². The molecule has 1 aromatic carbocycles. The highest BCUT2D eigenvalue weighted by atomic mass is 35.5. The molecule has 2 unspecified atom stereocenters. The molecule has 2 aliphatic rings. The average molecular weight is 325 g/mol. The fraction of sp³-hybridized carbons (Fsp3) is 0.588. The highest BCUT2D eigenvalue weighted by Crippen LogP contribution is 2.31. The Labute approximate surface area is 138 Å². The topological polar surface area (TPSA) is 41.6 Å². The molecule has 0 radical (unpaired) electrons. The predicted octanol–water partition coefficient (Wildman–Crippen LogP) is 2.46. The summed E-state index contributed by atoms with van der Waals surface area (Å²) in [6, 6.07) is 8.78. The summed E-state index contributed by atoms with van der Waals surface area (Å²) in [4.78, 5) is 14.8. The van der Waals surface area contributed by atoms with E-state index < -0.39 is 0 Å². The molecule has 122 valence electrons. The summed E-state index contributed by atoms with van der Waals surface area (Å²) < 4.78 is 5.64. The Hall–Kier alpha value is -1.10. The Morgan fingerprint density at radius 1 is 1.27 bits per heavy atom. The van der Waals surface area contributed by atoms with E-state index >= 15 is 0 Å². The number of carbonyl (C=O) groups excluding carboxylic acids is 1. The Balaban J connectivity index is 0.00000176. The lowest BCUT2D eigenvalue weighted by Crippen LogP contribution is -2.51. The van der Waals surface area contributed by atoms with Gasteiger partial charge in [0.25, 0.3) is 5.91 Å². The number of morpholine rings is 1. The van der Waals surface area contributed by atoms with Crippen LogP contribution in [0.5, 0.6) is 0 Å². The SMILES string of the molecule is Cc1ccc(C2CCCCN2C(=O)C2CNCCO2)cc1.Cl. The van der Waals surface area contributed by atoms with Crippen molar-refractivity contribution in [2.45, 2.75) is 38.3 Å². The first kappa shape index (κ1) is 17.3. The maximum Gasteiger partial charge on any atom is 0.253 e. The van der Waals surface area contributed by atoms with Crippen molar-refractivity contribution >= 4 is 18.3 Å². The molecule has 2 saturated heterocycles. The molecule has 1 N–H and O–H groups in total. The minimum absolute atomic E-state index is 0. The maximum atomic E-state index is 12.8. The molecular formula is C17H25ClN2O2. The molecule has 3 rings (SSSR count). The molecule has 0 aliphatic carbocycles. The van der Waals surface area contributed by atoms with Crippen LogP contribution in [0.3, 0.4) is 0 Å². The van der Waals surface area contributed by atoms with Crippen molar-refractivity contribution in [3.63, 3.8) is 0 Å². The van der Waals surface area contributed by atoms with Crippen LogP contribution >= 0.6 is 12.4 Å². The molecule has 0 saturated carbocycles. The first-order valence-electron chi connectivity index (χ1n) is 7.95. The van der Waals surface area contributed by atoms with E-state index in [1.807, 2.05) is 4.90 Å². The summed E-state index contributed by atoms with van der Waals surface area (Å²) in [6.07, 6.45) is 3.01. The van der Waals surface area contributed by atoms with Gasteiger partial charge in [0.2, 0.25) is 0 Å². The minimum Gasteiger partial charge on any atom is -0.366 e. The van der Waals surface area contributed by atoms with Crippen molar-refractivity contribution in [3.05, 3.63) is 35.4 Å². The predicted molar refractivity (Wildman–Crippen MR) is 89.3 cm³/mol. The van der Waals surface area contributed by atoms with Gasteiger partial charge in [-0.05, 0) is 31.7 Å². The molecule has 2 fully saturated rings. The highest BCUT2D eigenvalue weighted by molar-refractivity contribution is 5.85. The molecule has 2 aliphatic heterocycles. The lowest BCUT2D eigenvalue weighted by Gasteiger charge is -2.39. The van der Waals surface area contributed by atoms with E-state index in [1.165, 1.54) is 17.5 Å². The number of likely N-dealkylation sites (tertiary alicyclic amines) is 1. The van der Waals surface area contributed by atoms with Crippen molar-refractivity contribution in [1.82, 2.24) is 10.2 Å². The van der Waals surface area contributed by atoms with Gasteiger partial charge < -0.3 is 15.0 Å². The second kappa shape index (κ2) is 7.95. The molecular weight excluding hydrogens is 300 g/mol. The zero-order valence-electron chi connectivity index (χ0n) is 13.1. The molecule has 0 aromatic heterocycles. The molecule has 0 bridgehead atoms. The normalized spacial score (nSPS) is 25.4. The van der Waals surface area contributed by atoms with Crippen molar-refractivity contribution in [1.29, 1.82) is 0 Å². The van der Waals surface area contributed by atoms with Crippen LogP contribution in [-0.4, -0.2) is 43.2 Å². The number of piperidine rings is 1. The number of benzene rings is 1. The summed E-state index contributed by atoms with van der Waals surface area (Å²) >= 11 is 0. The Bertz CT molecular complexity index is 486. The summed E-state index contributed by atoms with van der Waals surface area (Å²) in [5.74, 6) is 0.146. The van der Waals surface area contributed by atoms with Crippen LogP contribution in [0.25, 0.3) is 0 Å². The van der Waals surface area contributed by atoms with Crippen LogP contribution in [0.2, 0.25) is 0 Å². The van der Waals surface area contributed by atoms with Gasteiger partial charge in [0.05, 0.1) is 12.6 Å². The number of carbonyl (C=O) groups is 1. The second-order valence-corrected chi connectivity index (χ2v) is 6.02. The molecule has 4 nitrogen and oxygen atoms in total. The Kier molecular flexibility index (Phi) is 6.24. The lowest BCUT2D eigenvalue weighted by molar-refractivity contribution is -0.149. The summed E-state index contributed by atoms with van der Waals surface area (Å²) in [5, 5.41) is 3.24. The van der Waals surface area contributed by atoms with Crippen molar-refractivity contribution < 1.29 is 9.53 Å². The number of rotatable bonds is 2. The van der Waals surface area contributed by atoms with Gasteiger partial charge in [0.1, 0.15) is 6.10 Å². The molecule has 2 atom stereocenters. The van der Waals surface area contributed by atoms with Gasteiger partial charge >= 0.3 is 0 Å². The Morgan fingerprint density at radius 3 is 2.73 bits per heavy atom.